The average Bonchev–Trinajstić information content (AvgIpc) is 3.35. The zero-order valence-corrected chi connectivity index (χ0v) is 21.7. The van der Waals surface area contributed by atoms with Crippen molar-refractivity contribution in [2.45, 2.75) is 39.7 Å². The molecule has 2 aromatic heterocycles. The summed E-state index contributed by atoms with van der Waals surface area (Å²) < 4.78 is 7.29. The summed E-state index contributed by atoms with van der Waals surface area (Å²) in [5.41, 5.74) is 5.92. The van der Waals surface area contributed by atoms with Gasteiger partial charge in [0.15, 0.2) is 0 Å². The number of amides is 1. The molecule has 2 atom stereocenters. The van der Waals surface area contributed by atoms with E-state index in [-0.39, 0.29) is 11.9 Å². The van der Waals surface area contributed by atoms with Gasteiger partial charge in [0, 0.05) is 37.6 Å². The van der Waals surface area contributed by atoms with Crippen LogP contribution in [0.4, 0.5) is 5.82 Å². The number of rotatable bonds is 7. The molecule has 186 valence electrons. The van der Waals surface area contributed by atoms with E-state index in [1.165, 1.54) is 0 Å². The average molecular weight is 502 g/mol. The van der Waals surface area contributed by atoms with Crippen LogP contribution in [-0.4, -0.2) is 45.5 Å². The molecule has 36 heavy (non-hydrogen) atoms. The molecule has 2 unspecified atom stereocenters. The second-order valence-corrected chi connectivity index (χ2v) is 10.3. The van der Waals surface area contributed by atoms with Gasteiger partial charge in [0.2, 0.25) is 5.91 Å². The fraction of sp³-hybridized carbons (Fsp3) is 0.357. The minimum absolute atomic E-state index is 0.0301. The number of hydrogen-bond acceptors (Lipinski definition) is 7. The third-order valence-electron chi connectivity index (χ3n) is 6.64. The number of benzene rings is 2. The second-order valence-electron chi connectivity index (χ2n) is 9.44. The Hall–Kier alpha value is -3.52. The highest BCUT2D eigenvalue weighted by Gasteiger charge is 2.22. The number of thiazole rings is 1. The molecule has 0 aliphatic carbocycles. The molecule has 7 nitrogen and oxygen atoms in total. The van der Waals surface area contributed by atoms with Crippen LogP contribution < -0.4 is 10.1 Å². The molecule has 1 fully saturated rings. The lowest BCUT2D eigenvalue weighted by Crippen LogP contribution is -2.40. The first kappa shape index (κ1) is 24.2. The van der Waals surface area contributed by atoms with Gasteiger partial charge in [-0.15, -0.1) is 11.3 Å². The molecule has 1 amide bonds. The summed E-state index contributed by atoms with van der Waals surface area (Å²) in [5, 5.41) is 3.53. The quantitative estimate of drug-likeness (QED) is 0.341. The molecule has 0 saturated carbocycles. The number of ether oxygens (including phenoxy) is 1. The Kier molecular flexibility index (Phi) is 7.13. The third-order valence-corrected chi connectivity index (χ3v) is 7.43. The van der Waals surface area contributed by atoms with Gasteiger partial charge in [0.05, 0.1) is 34.1 Å². The number of nitrogens with zero attached hydrogens (tertiary/aromatic N) is 4. The number of likely N-dealkylation sites (tertiary alicyclic amines) is 1. The van der Waals surface area contributed by atoms with E-state index in [4.69, 9.17) is 4.74 Å². The Bertz CT molecular complexity index is 1370. The minimum atomic E-state index is 0.0301. The molecule has 0 bridgehead atoms. The van der Waals surface area contributed by atoms with Crippen molar-refractivity contribution in [3.8, 4) is 17.0 Å². The van der Waals surface area contributed by atoms with Crippen LogP contribution >= 0.6 is 11.3 Å². The molecule has 1 saturated heterocycles. The molecule has 1 N–H and O–H groups in total. The SMILES string of the molecule is CC(=O)N1CCCC(COc2cccc(C(C)Nc3cc(-c4ccc5ncsc5c4)nc(C)n3)c2)C1. The van der Waals surface area contributed by atoms with Gasteiger partial charge in [-0.2, -0.15) is 0 Å². The predicted octanol–water partition coefficient (Wildman–Crippen LogP) is 5.87. The maximum atomic E-state index is 11.7. The van der Waals surface area contributed by atoms with E-state index < -0.39 is 0 Å². The normalized spacial score (nSPS) is 16.6. The fourth-order valence-electron chi connectivity index (χ4n) is 4.68. The number of carbonyl (C=O) groups is 1. The Balaban J connectivity index is 1.26. The van der Waals surface area contributed by atoms with Gasteiger partial charge in [-0.05, 0) is 56.5 Å². The smallest absolute Gasteiger partial charge is 0.219 e. The van der Waals surface area contributed by atoms with E-state index in [0.717, 1.165) is 70.4 Å². The third kappa shape index (κ3) is 5.65. The maximum absolute atomic E-state index is 11.7. The van der Waals surface area contributed by atoms with Crippen LogP contribution in [0.25, 0.3) is 21.5 Å². The number of fused-ring (bicyclic) bond motifs is 1. The van der Waals surface area contributed by atoms with Gasteiger partial charge in [-0.25, -0.2) is 15.0 Å². The van der Waals surface area contributed by atoms with Crippen LogP contribution in [-0.2, 0) is 4.79 Å². The minimum Gasteiger partial charge on any atom is -0.493 e. The van der Waals surface area contributed by atoms with Crippen molar-refractivity contribution in [2.24, 2.45) is 5.92 Å². The molecule has 8 heteroatoms. The summed E-state index contributed by atoms with van der Waals surface area (Å²) in [6.07, 6.45) is 2.12. The molecule has 0 spiro atoms. The highest BCUT2D eigenvalue weighted by Crippen LogP contribution is 2.28. The first-order valence-electron chi connectivity index (χ1n) is 12.4. The highest BCUT2D eigenvalue weighted by molar-refractivity contribution is 7.16. The first-order chi connectivity index (χ1) is 17.4. The number of hydrogen-bond donors (Lipinski definition) is 1. The summed E-state index contributed by atoms with van der Waals surface area (Å²) in [6.45, 7) is 7.92. The zero-order valence-electron chi connectivity index (χ0n) is 20.9. The standard InChI is InChI=1S/C28H31N5O2S/c1-18(22-7-4-8-24(12-22)35-16-21-6-5-11-33(15-21)20(3)34)30-28-14-26(31-19(2)32-28)23-9-10-25-27(13-23)36-17-29-25/h4,7-10,12-14,17-18,21H,5-6,11,15-16H2,1-3H3,(H,30,31,32). The highest BCUT2D eigenvalue weighted by atomic mass is 32.1. The van der Waals surface area contributed by atoms with E-state index in [2.05, 4.69) is 51.5 Å². The Morgan fingerprint density at radius 3 is 2.97 bits per heavy atom. The lowest BCUT2D eigenvalue weighted by Gasteiger charge is -2.31. The molecular weight excluding hydrogens is 470 g/mol. The van der Waals surface area contributed by atoms with E-state index in [0.29, 0.717) is 12.5 Å². The molecule has 5 rings (SSSR count). The second kappa shape index (κ2) is 10.6. The van der Waals surface area contributed by atoms with Gasteiger partial charge >= 0.3 is 0 Å². The topological polar surface area (TPSA) is 80.2 Å². The maximum Gasteiger partial charge on any atom is 0.219 e. The van der Waals surface area contributed by atoms with Crippen molar-refractivity contribution in [1.29, 1.82) is 0 Å². The molecule has 4 aromatic rings. The van der Waals surface area contributed by atoms with Gasteiger partial charge in [0.1, 0.15) is 17.4 Å². The van der Waals surface area contributed by atoms with Crippen molar-refractivity contribution < 1.29 is 9.53 Å². The van der Waals surface area contributed by atoms with Crippen molar-refractivity contribution in [3.05, 3.63) is 65.4 Å². The first-order valence-corrected chi connectivity index (χ1v) is 13.3. The Labute approximate surface area is 215 Å². The van der Waals surface area contributed by atoms with Crippen LogP contribution in [0.3, 0.4) is 0 Å². The lowest BCUT2D eigenvalue weighted by molar-refractivity contribution is -0.130. The molecule has 1 aliphatic heterocycles. The fourth-order valence-corrected chi connectivity index (χ4v) is 5.40. The number of anilines is 1. The van der Waals surface area contributed by atoms with Gasteiger partial charge in [-0.3, -0.25) is 4.79 Å². The Morgan fingerprint density at radius 2 is 2.11 bits per heavy atom. The summed E-state index contributed by atoms with van der Waals surface area (Å²) in [6, 6.07) is 16.4. The number of nitrogens with one attached hydrogen (secondary N) is 1. The molecule has 2 aromatic carbocycles. The van der Waals surface area contributed by atoms with Crippen LogP contribution in [0, 0.1) is 12.8 Å². The van der Waals surface area contributed by atoms with Gasteiger partial charge < -0.3 is 15.0 Å². The van der Waals surface area contributed by atoms with Gasteiger partial charge in [-0.1, -0.05) is 18.2 Å². The van der Waals surface area contributed by atoms with E-state index in [1.54, 1.807) is 18.3 Å². The number of aryl methyl sites for hydroxylation is 1. The molecule has 0 radical (unpaired) electrons. The van der Waals surface area contributed by atoms with Crippen LogP contribution in [0.2, 0.25) is 0 Å². The monoisotopic (exact) mass is 501 g/mol. The molecule has 1 aliphatic rings. The number of aromatic nitrogens is 3. The number of piperidine rings is 1. The Morgan fingerprint density at radius 1 is 1.22 bits per heavy atom. The van der Waals surface area contributed by atoms with Gasteiger partial charge in [0.25, 0.3) is 0 Å². The summed E-state index contributed by atoms with van der Waals surface area (Å²) in [4.78, 5) is 27.3. The largest absolute Gasteiger partial charge is 0.493 e. The summed E-state index contributed by atoms with van der Waals surface area (Å²) in [7, 11) is 0. The van der Waals surface area contributed by atoms with Crippen LogP contribution in [0.1, 0.15) is 44.1 Å². The van der Waals surface area contributed by atoms with E-state index in [1.807, 2.05) is 41.6 Å². The number of carbonyl (C=O) groups excluding carboxylic acids is 1. The van der Waals surface area contributed by atoms with E-state index >= 15 is 0 Å². The zero-order chi connectivity index (χ0) is 25.1. The lowest BCUT2D eigenvalue weighted by atomic mass is 9.99. The summed E-state index contributed by atoms with van der Waals surface area (Å²) >= 11 is 1.63. The van der Waals surface area contributed by atoms with Crippen molar-refractivity contribution in [1.82, 2.24) is 19.9 Å². The van der Waals surface area contributed by atoms with Crippen molar-refractivity contribution in [2.75, 3.05) is 25.0 Å². The predicted molar refractivity (Wildman–Crippen MR) is 144 cm³/mol. The van der Waals surface area contributed by atoms with Crippen LogP contribution in [0.15, 0.2) is 54.0 Å². The van der Waals surface area contributed by atoms with Crippen molar-refractivity contribution >= 4 is 33.3 Å². The van der Waals surface area contributed by atoms with Crippen molar-refractivity contribution in [3.63, 3.8) is 0 Å². The molecular formula is C28H31N5O2S. The van der Waals surface area contributed by atoms with E-state index in [9.17, 15) is 4.79 Å². The molecule has 3 heterocycles. The summed E-state index contributed by atoms with van der Waals surface area (Å²) in [5.74, 6) is 2.86. The van der Waals surface area contributed by atoms with Crippen LogP contribution in [0.5, 0.6) is 5.75 Å².